The van der Waals surface area contributed by atoms with Gasteiger partial charge in [0.05, 0.1) is 22.0 Å². The maximum absolute atomic E-state index is 6.48. The number of hydrogen-bond donors (Lipinski definition) is 1. The zero-order chi connectivity index (χ0) is 21.5. The van der Waals surface area contributed by atoms with Crippen LogP contribution in [0.2, 0.25) is 0 Å². The van der Waals surface area contributed by atoms with Gasteiger partial charge in [-0.05, 0) is 68.1 Å². The molecule has 0 aliphatic carbocycles. The fourth-order valence-corrected chi connectivity index (χ4v) is 5.83. The van der Waals surface area contributed by atoms with Crippen molar-refractivity contribution in [3.63, 3.8) is 0 Å². The van der Waals surface area contributed by atoms with Crippen molar-refractivity contribution in [3.05, 3.63) is 60.4 Å². The monoisotopic (exact) mass is 444 g/mol. The average molecular weight is 445 g/mol. The summed E-state index contributed by atoms with van der Waals surface area (Å²) in [5, 5.41) is 9.45. The first-order chi connectivity index (χ1) is 15.7. The molecule has 3 saturated heterocycles. The van der Waals surface area contributed by atoms with Crippen LogP contribution >= 0.6 is 11.3 Å². The number of pyridine rings is 1. The average Bonchev–Trinajstić information content (AvgIpc) is 3.21. The van der Waals surface area contributed by atoms with Crippen LogP contribution in [0.4, 0.5) is 5.13 Å². The van der Waals surface area contributed by atoms with Gasteiger partial charge in [0.2, 0.25) is 5.88 Å². The summed E-state index contributed by atoms with van der Waals surface area (Å²) in [7, 11) is 0. The molecule has 2 atom stereocenters. The van der Waals surface area contributed by atoms with Gasteiger partial charge in [-0.25, -0.2) is 4.98 Å². The highest BCUT2D eigenvalue weighted by Gasteiger charge is 2.43. The van der Waals surface area contributed by atoms with Crippen LogP contribution in [0.25, 0.3) is 21.5 Å². The molecule has 0 spiro atoms. The van der Waals surface area contributed by atoms with E-state index in [4.69, 9.17) is 10.5 Å². The molecule has 2 N–H and O–H groups in total. The molecule has 0 radical (unpaired) electrons. The second-order valence-electron chi connectivity index (χ2n) is 8.58. The number of rotatable bonds is 5. The number of benzene rings is 1. The van der Waals surface area contributed by atoms with E-state index in [9.17, 15) is 0 Å². The van der Waals surface area contributed by atoms with Crippen LogP contribution in [0.15, 0.2) is 54.9 Å². The van der Waals surface area contributed by atoms with Crippen molar-refractivity contribution in [1.82, 2.24) is 25.1 Å². The maximum Gasteiger partial charge on any atom is 0.233 e. The molecule has 7 rings (SSSR count). The Morgan fingerprint density at radius 2 is 2.00 bits per heavy atom. The third-order valence-corrected chi connectivity index (χ3v) is 7.50. The van der Waals surface area contributed by atoms with Gasteiger partial charge in [-0.2, -0.15) is 0 Å². The first-order valence-electron chi connectivity index (χ1n) is 11.0. The van der Waals surface area contributed by atoms with E-state index in [1.54, 1.807) is 0 Å². The molecular weight excluding hydrogens is 420 g/mol. The molecule has 3 aliphatic rings. The number of nitrogen functional groups attached to an aromatic ring is 1. The van der Waals surface area contributed by atoms with Gasteiger partial charge in [-0.15, -0.1) is 10.2 Å². The molecule has 2 bridgehead atoms. The molecule has 1 aromatic carbocycles. The lowest BCUT2D eigenvalue weighted by Gasteiger charge is -2.50. The third kappa shape index (κ3) is 3.69. The van der Waals surface area contributed by atoms with Gasteiger partial charge in [0, 0.05) is 24.0 Å². The number of anilines is 1. The second-order valence-corrected chi connectivity index (χ2v) is 9.64. The predicted octanol–water partition coefficient (Wildman–Crippen LogP) is 3.81. The standard InChI is InChI=1S/C24H24N6OS/c25-24-27-19-4-3-17(13-21(19)32-24)18-5-6-22(29-28-18)31-23-16-7-10-30(11-8-16)20(23)12-15-2-1-9-26-14-15/h1-6,9,13-14,16,20,23H,7-8,10-12H2,(H2,25,27)/t20-,23+/m1/s1. The maximum atomic E-state index is 6.48. The van der Waals surface area contributed by atoms with Crippen molar-refractivity contribution in [1.29, 1.82) is 0 Å². The number of hydrogen-bond acceptors (Lipinski definition) is 8. The van der Waals surface area contributed by atoms with E-state index in [1.165, 1.54) is 29.7 Å². The zero-order valence-electron chi connectivity index (χ0n) is 17.6. The molecule has 3 aliphatic heterocycles. The number of ether oxygens (including phenoxy) is 1. The zero-order valence-corrected chi connectivity index (χ0v) is 18.4. The number of piperidine rings is 3. The first-order valence-corrected chi connectivity index (χ1v) is 11.8. The smallest absolute Gasteiger partial charge is 0.233 e. The van der Waals surface area contributed by atoms with Gasteiger partial charge in [-0.3, -0.25) is 9.88 Å². The van der Waals surface area contributed by atoms with Crippen LogP contribution in [-0.4, -0.2) is 50.3 Å². The second kappa shape index (κ2) is 8.11. The van der Waals surface area contributed by atoms with E-state index in [0.717, 1.165) is 41.0 Å². The van der Waals surface area contributed by atoms with E-state index in [-0.39, 0.29) is 6.10 Å². The molecule has 3 aromatic heterocycles. The fourth-order valence-electron chi connectivity index (χ4n) is 5.06. The summed E-state index contributed by atoms with van der Waals surface area (Å²) in [6.45, 7) is 2.29. The first kappa shape index (κ1) is 19.6. The number of fused-ring (bicyclic) bond motifs is 4. The van der Waals surface area contributed by atoms with Crippen LogP contribution in [0.1, 0.15) is 18.4 Å². The highest BCUT2D eigenvalue weighted by atomic mass is 32.1. The molecule has 162 valence electrons. The number of nitrogens with zero attached hydrogens (tertiary/aromatic N) is 5. The molecule has 0 unspecified atom stereocenters. The van der Waals surface area contributed by atoms with Crippen LogP contribution in [0, 0.1) is 5.92 Å². The van der Waals surface area contributed by atoms with Gasteiger partial charge >= 0.3 is 0 Å². The Balaban J connectivity index is 1.22. The molecule has 3 fully saturated rings. The molecule has 0 amide bonds. The quantitative estimate of drug-likeness (QED) is 0.500. The third-order valence-electron chi connectivity index (χ3n) is 6.65. The van der Waals surface area contributed by atoms with Crippen LogP contribution in [0.3, 0.4) is 0 Å². The molecule has 0 saturated carbocycles. The lowest BCUT2D eigenvalue weighted by atomic mass is 9.78. The summed E-state index contributed by atoms with van der Waals surface area (Å²) in [5.41, 5.74) is 9.80. The van der Waals surface area contributed by atoms with Crippen molar-refractivity contribution >= 4 is 26.7 Å². The Labute approximate surface area is 190 Å². The van der Waals surface area contributed by atoms with E-state index in [0.29, 0.717) is 23.0 Å². The van der Waals surface area contributed by atoms with E-state index < -0.39 is 0 Å². The SMILES string of the molecule is Nc1nc2ccc(-c3ccc(O[C@H]4C5CCN(CC5)[C@@H]4Cc4cccnc4)nn3)cc2s1. The summed E-state index contributed by atoms with van der Waals surface area (Å²) >= 11 is 1.48. The van der Waals surface area contributed by atoms with Gasteiger partial charge in [0.25, 0.3) is 0 Å². The topological polar surface area (TPSA) is 90.1 Å². The largest absolute Gasteiger partial charge is 0.471 e. The highest BCUT2D eigenvalue weighted by molar-refractivity contribution is 7.22. The Hall–Kier alpha value is -3.10. The van der Waals surface area contributed by atoms with Gasteiger partial charge in [-0.1, -0.05) is 23.5 Å². The Morgan fingerprint density at radius 1 is 1.09 bits per heavy atom. The number of aromatic nitrogens is 4. The Kier molecular flexibility index (Phi) is 4.96. The van der Waals surface area contributed by atoms with E-state index >= 15 is 0 Å². The van der Waals surface area contributed by atoms with Crippen molar-refractivity contribution in [3.8, 4) is 17.1 Å². The van der Waals surface area contributed by atoms with Crippen molar-refractivity contribution in [2.24, 2.45) is 5.92 Å². The van der Waals surface area contributed by atoms with E-state index in [1.807, 2.05) is 42.7 Å². The lowest BCUT2D eigenvalue weighted by Crippen LogP contribution is -2.60. The van der Waals surface area contributed by atoms with E-state index in [2.05, 4.69) is 37.2 Å². The Bertz CT molecular complexity index is 1220. The van der Waals surface area contributed by atoms with Crippen molar-refractivity contribution in [2.45, 2.75) is 31.4 Å². The summed E-state index contributed by atoms with van der Waals surface area (Å²) in [6, 6.07) is 14.4. The molecule has 7 nitrogen and oxygen atoms in total. The fraction of sp³-hybridized carbons (Fsp3) is 0.333. The predicted molar refractivity (Wildman–Crippen MR) is 126 cm³/mol. The van der Waals surface area contributed by atoms with Gasteiger partial charge in [0.15, 0.2) is 5.13 Å². The van der Waals surface area contributed by atoms with Crippen molar-refractivity contribution in [2.75, 3.05) is 18.8 Å². The summed E-state index contributed by atoms with van der Waals surface area (Å²) in [6.07, 6.45) is 7.20. The van der Waals surface area contributed by atoms with Gasteiger partial charge < -0.3 is 10.5 Å². The summed E-state index contributed by atoms with van der Waals surface area (Å²) < 4.78 is 7.53. The minimum Gasteiger partial charge on any atom is -0.471 e. The van der Waals surface area contributed by atoms with Crippen molar-refractivity contribution < 1.29 is 4.74 Å². The molecule has 4 aromatic rings. The molecule has 32 heavy (non-hydrogen) atoms. The number of nitrogens with two attached hydrogens (primary N) is 1. The summed E-state index contributed by atoms with van der Waals surface area (Å²) in [5.74, 6) is 1.15. The lowest BCUT2D eigenvalue weighted by molar-refractivity contribution is -0.0599. The highest BCUT2D eigenvalue weighted by Crippen LogP contribution is 2.36. The van der Waals surface area contributed by atoms with Crippen LogP contribution in [0.5, 0.6) is 5.88 Å². The minimum atomic E-state index is 0.120. The number of thiazole rings is 1. The Morgan fingerprint density at radius 3 is 2.78 bits per heavy atom. The molecular formula is C24H24N6OS. The van der Waals surface area contributed by atoms with Crippen LogP contribution in [-0.2, 0) is 6.42 Å². The van der Waals surface area contributed by atoms with Crippen LogP contribution < -0.4 is 10.5 Å². The normalized spacial score (nSPS) is 24.6. The molecule has 6 heterocycles. The minimum absolute atomic E-state index is 0.120. The summed E-state index contributed by atoms with van der Waals surface area (Å²) in [4.78, 5) is 11.2. The van der Waals surface area contributed by atoms with Gasteiger partial charge in [0.1, 0.15) is 6.10 Å². The molecule has 8 heteroatoms.